The van der Waals surface area contributed by atoms with Gasteiger partial charge in [0.15, 0.2) is 0 Å². The fourth-order valence-electron chi connectivity index (χ4n) is 1.94. The molecule has 0 saturated carbocycles. The Morgan fingerprint density at radius 3 is 3.00 bits per heavy atom. The number of hydrogen-bond donors (Lipinski definition) is 1. The highest BCUT2D eigenvalue weighted by Gasteiger charge is 2.13. The highest BCUT2D eigenvalue weighted by Crippen LogP contribution is 2.18. The molecule has 0 spiro atoms. The van der Waals surface area contributed by atoms with Crippen LogP contribution in [0.3, 0.4) is 0 Å². The van der Waals surface area contributed by atoms with Gasteiger partial charge in [-0.3, -0.25) is 0 Å². The van der Waals surface area contributed by atoms with Crippen LogP contribution in [0.25, 0.3) is 0 Å². The average molecular weight is 309 g/mol. The van der Waals surface area contributed by atoms with Crippen LogP contribution in [0, 0.1) is 0 Å². The summed E-state index contributed by atoms with van der Waals surface area (Å²) in [7, 11) is 3.24. The number of ether oxygens (including phenoxy) is 1. The van der Waals surface area contributed by atoms with Crippen molar-refractivity contribution in [1.82, 2.24) is 20.3 Å². The lowest BCUT2D eigenvalue weighted by molar-refractivity contribution is 0.0599. The van der Waals surface area contributed by atoms with E-state index in [9.17, 15) is 4.79 Å². The summed E-state index contributed by atoms with van der Waals surface area (Å²) in [6.07, 6.45) is 2.67. The van der Waals surface area contributed by atoms with Crippen LogP contribution >= 0.6 is 11.6 Å². The van der Waals surface area contributed by atoms with E-state index in [2.05, 4.69) is 15.6 Å². The lowest BCUT2D eigenvalue weighted by atomic mass is 10.1. The molecule has 112 valence electrons. The number of carbonyl (C=O) groups is 1. The quantitative estimate of drug-likeness (QED) is 0.820. The predicted octanol–water partition coefficient (Wildman–Crippen LogP) is 1.53. The Bertz CT molecular complexity index is 627. The van der Waals surface area contributed by atoms with Gasteiger partial charge in [-0.2, -0.15) is 0 Å². The number of nitrogens with zero attached hydrogens (tertiary/aromatic N) is 3. The van der Waals surface area contributed by atoms with Crippen molar-refractivity contribution in [3.8, 4) is 0 Å². The number of carbonyl (C=O) groups excluding carboxylic acids is 1. The number of nitrogens with one attached hydrogen (secondary N) is 1. The smallest absolute Gasteiger partial charge is 0.338 e. The maximum Gasteiger partial charge on any atom is 0.338 e. The molecule has 0 atom stereocenters. The minimum atomic E-state index is -0.414. The van der Waals surface area contributed by atoms with Gasteiger partial charge in [0.25, 0.3) is 0 Å². The first-order chi connectivity index (χ1) is 10.1. The predicted molar refractivity (Wildman–Crippen MR) is 79.5 cm³/mol. The van der Waals surface area contributed by atoms with Crippen molar-refractivity contribution in [2.45, 2.75) is 13.0 Å². The molecule has 0 amide bonds. The number of esters is 1. The fraction of sp³-hybridized carbons (Fsp3) is 0.357. The topological polar surface area (TPSA) is 69.0 Å². The Hall–Kier alpha value is -1.92. The Balaban J connectivity index is 2.19. The van der Waals surface area contributed by atoms with Crippen molar-refractivity contribution >= 4 is 17.6 Å². The zero-order valence-electron chi connectivity index (χ0n) is 12.0. The van der Waals surface area contributed by atoms with E-state index in [4.69, 9.17) is 16.3 Å². The Kier molecular flexibility index (Phi) is 5.30. The van der Waals surface area contributed by atoms with Crippen LogP contribution in [0.1, 0.15) is 21.6 Å². The van der Waals surface area contributed by atoms with Crippen molar-refractivity contribution in [2.24, 2.45) is 0 Å². The number of methoxy groups -OCH3 is 1. The standard InChI is InChI=1S/C14H17ClN4O2/c1-16-6-5-12-9-19(18-17-12)8-10-3-4-11(15)7-13(10)14(20)21-2/h3-4,7,9,16H,5-6,8H2,1-2H3. The molecule has 7 heteroatoms. The molecule has 21 heavy (non-hydrogen) atoms. The number of rotatable bonds is 6. The second-order valence-corrected chi connectivity index (χ2v) is 4.99. The van der Waals surface area contributed by atoms with E-state index in [-0.39, 0.29) is 0 Å². The Morgan fingerprint density at radius 1 is 1.48 bits per heavy atom. The number of halogens is 1. The molecule has 0 unspecified atom stereocenters. The monoisotopic (exact) mass is 308 g/mol. The zero-order chi connectivity index (χ0) is 15.2. The van der Waals surface area contributed by atoms with Crippen LogP contribution in [-0.4, -0.2) is 41.7 Å². The molecule has 0 aliphatic carbocycles. The molecule has 0 saturated heterocycles. The van der Waals surface area contributed by atoms with Crippen LogP contribution in [0.5, 0.6) is 0 Å². The number of benzene rings is 1. The number of hydrogen-bond acceptors (Lipinski definition) is 5. The summed E-state index contributed by atoms with van der Waals surface area (Å²) in [5.74, 6) is -0.414. The highest BCUT2D eigenvalue weighted by molar-refractivity contribution is 6.31. The minimum Gasteiger partial charge on any atom is -0.465 e. The van der Waals surface area contributed by atoms with E-state index in [0.717, 1.165) is 24.2 Å². The molecule has 1 heterocycles. The lowest BCUT2D eigenvalue weighted by Crippen LogP contribution is -2.10. The summed E-state index contributed by atoms with van der Waals surface area (Å²) >= 11 is 5.93. The van der Waals surface area contributed by atoms with Crippen LogP contribution in [-0.2, 0) is 17.7 Å². The van der Waals surface area contributed by atoms with E-state index in [1.165, 1.54) is 7.11 Å². The van der Waals surface area contributed by atoms with Crippen molar-refractivity contribution in [2.75, 3.05) is 20.7 Å². The van der Waals surface area contributed by atoms with Gasteiger partial charge in [0.05, 0.1) is 24.9 Å². The summed E-state index contributed by atoms with van der Waals surface area (Å²) in [6, 6.07) is 5.13. The van der Waals surface area contributed by atoms with Crippen LogP contribution in [0.2, 0.25) is 5.02 Å². The van der Waals surface area contributed by atoms with Crippen molar-refractivity contribution < 1.29 is 9.53 Å². The second-order valence-electron chi connectivity index (χ2n) is 4.55. The first kappa shape index (κ1) is 15.5. The highest BCUT2D eigenvalue weighted by atomic mass is 35.5. The summed E-state index contributed by atoms with van der Waals surface area (Å²) in [4.78, 5) is 11.8. The van der Waals surface area contributed by atoms with Gasteiger partial charge in [0.1, 0.15) is 0 Å². The van der Waals surface area contributed by atoms with Crippen LogP contribution < -0.4 is 5.32 Å². The molecular formula is C14H17ClN4O2. The molecule has 2 aromatic rings. The Labute approximate surface area is 128 Å². The molecule has 0 fully saturated rings. The van der Waals surface area contributed by atoms with Gasteiger partial charge >= 0.3 is 5.97 Å². The van der Waals surface area contributed by atoms with Gasteiger partial charge in [-0.15, -0.1) is 5.10 Å². The number of likely N-dealkylation sites (N-methyl/N-ethyl adjacent to an activating group) is 1. The van der Waals surface area contributed by atoms with E-state index in [0.29, 0.717) is 17.1 Å². The molecule has 2 rings (SSSR count). The van der Waals surface area contributed by atoms with E-state index < -0.39 is 5.97 Å². The minimum absolute atomic E-state index is 0.414. The van der Waals surface area contributed by atoms with Gasteiger partial charge in [-0.1, -0.05) is 22.9 Å². The van der Waals surface area contributed by atoms with Crippen molar-refractivity contribution in [3.63, 3.8) is 0 Å². The van der Waals surface area contributed by atoms with Gasteiger partial charge < -0.3 is 10.1 Å². The van der Waals surface area contributed by atoms with E-state index in [1.807, 2.05) is 13.2 Å². The normalized spacial score (nSPS) is 10.6. The maximum atomic E-state index is 11.8. The lowest BCUT2D eigenvalue weighted by Gasteiger charge is -2.08. The van der Waals surface area contributed by atoms with Crippen molar-refractivity contribution in [3.05, 3.63) is 46.2 Å². The van der Waals surface area contributed by atoms with Gasteiger partial charge in [0, 0.05) is 24.2 Å². The maximum absolute atomic E-state index is 11.8. The third-order valence-electron chi connectivity index (χ3n) is 3.03. The third-order valence-corrected chi connectivity index (χ3v) is 3.26. The molecule has 0 bridgehead atoms. The first-order valence-electron chi connectivity index (χ1n) is 6.54. The zero-order valence-corrected chi connectivity index (χ0v) is 12.7. The molecular weight excluding hydrogens is 292 g/mol. The van der Waals surface area contributed by atoms with Crippen LogP contribution in [0.15, 0.2) is 24.4 Å². The Morgan fingerprint density at radius 2 is 2.29 bits per heavy atom. The summed E-state index contributed by atoms with van der Waals surface area (Å²) in [5.41, 5.74) is 2.13. The summed E-state index contributed by atoms with van der Waals surface area (Å²) in [6.45, 7) is 1.28. The van der Waals surface area contributed by atoms with Crippen molar-refractivity contribution in [1.29, 1.82) is 0 Å². The largest absolute Gasteiger partial charge is 0.465 e. The molecule has 1 N–H and O–H groups in total. The van der Waals surface area contributed by atoms with Crippen LogP contribution in [0.4, 0.5) is 0 Å². The third kappa shape index (κ3) is 4.03. The molecule has 0 aliphatic rings. The van der Waals surface area contributed by atoms with Gasteiger partial charge in [0.2, 0.25) is 0 Å². The van der Waals surface area contributed by atoms with E-state index >= 15 is 0 Å². The summed E-state index contributed by atoms with van der Waals surface area (Å²) in [5, 5.41) is 11.7. The molecule has 1 aromatic carbocycles. The average Bonchev–Trinajstić information content (AvgIpc) is 2.93. The summed E-state index contributed by atoms with van der Waals surface area (Å²) < 4.78 is 6.47. The second kappa shape index (κ2) is 7.19. The fourth-order valence-corrected chi connectivity index (χ4v) is 2.12. The molecule has 1 aromatic heterocycles. The van der Waals surface area contributed by atoms with Gasteiger partial charge in [-0.05, 0) is 24.7 Å². The van der Waals surface area contributed by atoms with Gasteiger partial charge in [-0.25, -0.2) is 9.48 Å². The number of aromatic nitrogens is 3. The SMILES string of the molecule is CNCCc1cn(Cc2ccc(Cl)cc2C(=O)OC)nn1. The first-order valence-corrected chi connectivity index (χ1v) is 6.92. The molecule has 6 nitrogen and oxygen atoms in total. The van der Waals surface area contributed by atoms with E-state index in [1.54, 1.807) is 22.9 Å². The molecule has 0 radical (unpaired) electrons. The molecule has 0 aliphatic heterocycles.